The van der Waals surface area contributed by atoms with Crippen LogP contribution in [-0.4, -0.2) is 16.7 Å². The van der Waals surface area contributed by atoms with Gasteiger partial charge in [-0.2, -0.15) is 0 Å². The molecular formula is C16H17NO2. The summed E-state index contributed by atoms with van der Waals surface area (Å²) in [5, 5.41) is 10.3. The Morgan fingerprint density at radius 2 is 2.16 bits per heavy atom. The van der Waals surface area contributed by atoms with Crippen LogP contribution in [0.2, 0.25) is 0 Å². The molecule has 19 heavy (non-hydrogen) atoms. The summed E-state index contributed by atoms with van der Waals surface area (Å²) in [4.78, 5) is 4.04. The van der Waals surface area contributed by atoms with Gasteiger partial charge in [0, 0.05) is 18.8 Å². The van der Waals surface area contributed by atoms with Gasteiger partial charge < -0.3 is 9.84 Å². The molecule has 0 bridgehead atoms. The third kappa shape index (κ3) is 2.67. The van der Waals surface area contributed by atoms with Crippen molar-refractivity contribution >= 4 is 0 Å². The number of ether oxygens (including phenoxy) is 1. The zero-order chi connectivity index (χ0) is 13.1. The first-order valence-corrected chi connectivity index (χ1v) is 6.62. The van der Waals surface area contributed by atoms with E-state index in [2.05, 4.69) is 23.2 Å². The predicted octanol–water partition coefficient (Wildman–Crippen LogP) is 2.82. The van der Waals surface area contributed by atoms with Gasteiger partial charge in [-0.25, -0.2) is 0 Å². The van der Waals surface area contributed by atoms with Crippen LogP contribution in [0.3, 0.4) is 0 Å². The Labute approximate surface area is 112 Å². The average Bonchev–Trinajstić information content (AvgIpc) is 2.48. The number of aliphatic hydroxyl groups excluding tert-OH is 1. The lowest BCUT2D eigenvalue weighted by molar-refractivity contribution is 0.00370. The van der Waals surface area contributed by atoms with Crippen LogP contribution in [-0.2, 0) is 11.2 Å². The number of fused-ring (bicyclic) bond motifs is 1. The van der Waals surface area contributed by atoms with Crippen molar-refractivity contribution in [1.29, 1.82) is 0 Å². The molecule has 3 heteroatoms. The van der Waals surface area contributed by atoms with Gasteiger partial charge in [-0.15, -0.1) is 0 Å². The minimum Gasteiger partial charge on any atom is -0.388 e. The number of rotatable bonds is 3. The molecule has 0 aliphatic carbocycles. The van der Waals surface area contributed by atoms with Crippen LogP contribution in [0, 0.1) is 0 Å². The largest absolute Gasteiger partial charge is 0.388 e. The highest BCUT2D eigenvalue weighted by atomic mass is 16.5. The zero-order valence-electron chi connectivity index (χ0n) is 10.7. The Kier molecular flexibility index (Phi) is 3.58. The molecule has 2 heterocycles. The maximum Gasteiger partial charge on any atom is 0.0855 e. The standard InChI is InChI=1S/C16H17NO2/c18-15(13-5-3-8-17-11-13)10-16-14-6-2-1-4-12(14)7-9-19-16/h1-6,8,11,15-16,18H,7,9-10H2. The van der Waals surface area contributed by atoms with Crippen LogP contribution in [0.1, 0.15) is 35.3 Å². The molecule has 2 aromatic rings. The average molecular weight is 255 g/mol. The molecule has 3 nitrogen and oxygen atoms in total. The number of hydrogen-bond acceptors (Lipinski definition) is 3. The Hall–Kier alpha value is -1.71. The summed E-state index contributed by atoms with van der Waals surface area (Å²) in [6.07, 6.45) is 4.38. The molecule has 1 aliphatic heterocycles. The topological polar surface area (TPSA) is 42.4 Å². The molecule has 2 atom stereocenters. The van der Waals surface area contributed by atoms with Crippen LogP contribution < -0.4 is 0 Å². The molecule has 1 N–H and O–H groups in total. The highest BCUT2D eigenvalue weighted by Crippen LogP contribution is 2.33. The van der Waals surface area contributed by atoms with E-state index in [0.717, 1.165) is 18.6 Å². The molecule has 3 rings (SSSR count). The van der Waals surface area contributed by atoms with Gasteiger partial charge in [0.25, 0.3) is 0 Å². The van der Waals surface area contributed by atoms with E-state index in [0.29, 0.717) is 6.42 Å². The van der Waals surface area contributed by atoms with Gasteiger partial charge in [0.1, 0.15) is 0 Å². The van der Waals surface area contributed by atoms with Gasteiger partial charge in [0.2, 0.25) is 0 Å². The van der Waals surface area contributed by atoms with Crippen molar-refractivity contribution in [3.63, 3.8) is 0 Å². The number of hydrogen-bond donors (Lipinski definition) is 1. The van der Waals surface area contributed by atoms with Crippen molar-refractivity contribution < 1.29 is 9.84 Å². The summed E-state index contributed by atoms with van der Waals surface area (Å²) >= 11 is 0. The van der Waals surface area contributed by atoms with Crippen LogP contribution >= 0.6 is 0 Å². The van der Waals surface area contributed by atoms with E-state index in [9.17, 15) is 5.11 Å². The summed E-state index contributed by atoms with van der Waals surface area (Å²) in [5.41, 5.74) is 3.38. The molecule has 0 radical (unpaired) electrons. The van der Waals surface area contributed by atoms with Gasteiger partial charge in [0.15, 0.2) is 0 Å². The fourth-order valence-electron chi connectivity index (χ4n) is 2.58. The predicted molar refractivity (Wildman–Crippen MR) is 72.7 cm³/mol. The van der Waals surface area contributed by atoms with Crippen molar-refractivity contribution in [2.75, 3.05) is 6.61 Å². The molecule has 1 aromatic carbocycles. The van der Waals surface area contributed by atoms with Crippen molar-refractivity contribution in [3.8, 4) is 0 Å². The first-order chi connectivity index (χ1) is 9.34. The smallest absolute Gasteiger partial charge is 0.0855 e. The monoisotopic (exact) mass is 255 g/mol. The first-order valence-electron chi connectivity index (χ1n) is 6.62. The Morgan fingerprint density at radius 3 is 3.00 bits per heavy atom. The zero-order valence-corrected chi connectivity index (χ0v) is 10.7. The lowest BCUT2D eigenvalue weighted by atomic mass is 9.93. The number of nitrogens with zero attached hydrogens (tertiary/aromatic N) is 1. The number of benzene rings is 1. The van der Waals surface area contributed by atoms with E-state index in [4.69, 9.17) is 4.74 Å². The minimum absolute atomic E-state index is 0.0276. The third-order valence-corrected chi connectivity index (χ3v) is 3.60. The maximum atomic E-state index is 10.3. The highest BCUT2D eigenvalue weighted by Gasteiger charge is 2.23. The molecule has 1 aliphatic rings. The molecule has 98 valence electrons. The van der Waals surface area contributed by atoms with Crippen LogP contribution in [0.4, 0.5) is 0 Å². The maximum absolute atomic E-state index is 10.3. The van der Waals surface area contributed by atoms with Gasteiger partial charge >= 0.3 is 0 Å². The van der Waals surface area contributed by atoms with Crippen molar-refractivity contribution in [3.05, 3.63) is 65.5 Å². The van der Waals surface area contributed by atoms with E-state index in [-0.39, 0.29) is 6.10 Å². The van der Waals surface area contributed by atoms with Crippen LogP contribution in [0.25, 0.3) is 0 Å². The number of aromatic nitrogens is 1. The fraction of sp³-hybridized carbons (Fsp3) is 0.312. The van der Waals surface area contributed by atoms with E-state index < -0.39 is 6.10 Å². The van der Waals surface area contributed by atoms with Crippen molar-refractivity contribution in [1.82, 2.24) is 4.98 Å². The lowest BCUT2D eigenvalue weighted by Crippen LogP contribution is -2.18. The van der Waals surface area contributed by atoms with E-state index in [1.807, 2.05) is 18.2 Å². The lowest BCUT2D eigenvalue weighted by Gasteiger charge is -2.27. The van der Waals surface area contributed by atoms with Gasteiger partial charge in [0.05, 0.1) is 18.8 Å². The molecule has 2 unspecified atom stereocenters. The summed E-state index contributed by atoms with van der Waals surface area (Å²) in [6, 6.07) is 12.0. The molecule has 0 amide bonds. The van der Waals surface area contributed by atoms with E-state index in [1.165, 1.54) is 11.1 Å². The van der Waals surface area contributed by atoms with E-state index >= 15 is 0 Å². The van der Waals surface area contributed by atoms with Crippen LogP contribution in [0.15, 0.2) is 48.8 Å². The van der Waals surface area contributed by atoms with Gasteiger partial charge in [-0.3, -0.25) is 4.98 Å². The van der Waals surface area contributed by atoms with Gasteiger partial charge in [-0.05, 0) is 29.2 Å². The van der Waals surface area contributed by atoms with E-state index in [1.54, 1.807) is 12.4 Å². The highest BCUT2D eigenvalue weighted by molar-refractivity contribution is 5.31. The Morgan fingerprint density at radius 1 is 1.26 bits per heavy atom. The van der Waals surface area contributed by atoms with Gasteiger partial charge in [-0.1, -0.05) is 30.3 Å². The molecule has 1 aromatic heterocycles. The molecule has 0 spiro atoms. The summed E-state index contributed by atoms with van der Waals surface area (Å²) in [7, 11) is 0. The molecule has 0 fully saturated rings. The Balaban J connectivity index is 1.78. The SMILES string of the molecule is OC(CC1OCCc2ccccc21)c1cccnc1. The van der Waals surface area contributed by atoms with Crippen molar-refractivity contribution in [2.24, 2.45) is 0 Å². The summed E-state index contributed by atoms with van der Waals surface area (Å²) in [5.74, 6) is 0. The van der Waals surface area contributed by atoms with Crippen LogP contribution in [0.5, 0.6) is 0 Å². The second-order valence-corrected chi connectivity index (χ2v) is 4.85. The third-order valence-electron chi connectivity index (χ3n) is 3.60. The Bertz CT molecular complexity index is 541. The minimum atomic E-state index is -0.537. The first kappa shape index (κ1) is 12.3. The number of aliphatic hydroxyl groups is 1. The fourth-order valence-corrected chi connectivity index (χ4v) is 2.58. The molecule has 0 saturated heterocycles. The summed E-state index contributed by atoms with van der Waals surface area (Å²) < 4.78 is 5.82. The number of pyridine rings is 1. The molecular weight excluding hydrogens is 238 g/mol. The quantitative estimate of drug-likeness (QED) is 0.917. The summed E-state index contributed by atoms with van der Waals surface area (Å²) in [6.45, 7) is 0.724. The normalized spacial score (nSPS) is 19.7. The second kappa shape index (κ2) is 5.51. The second-order valence-electron chi connectivity index (χ2n) is 4.85. The molecule has 0 saturated carbocycles. The van der Waals surface area contributed by atoms with Crippen molar-refractivity contribution in [2.45, 2.75) is 25.0 Å².